The van der Waals surface area contributed by atoms with Gasteiger partial charge in [-0.05, 0) is 28.9 Å². The molecular weight excluding hydrogens is 372 g/mol. The number of methoxy groups -OCH3 is 1. The van der Waals surface area contributed by atoms with Crippen molar-refractivity contribution in [1.82, 2.24) is 10.2 Å². The van der Waals surface area contributed by atoms with E-state index in [9.17, 15) is 14.4 Å². The van der Waals surface area contributed by atoms with Crippen LogP contribution in [-0.4, -0.2) is 48.6 Å². The van der Waals surface area contributed by atoms with Crippen LogP contribution in [0, 0.1) is 22.7 Å². The van der Waals surface area contributed by atoms with Crippen molar-refractivity contribution in [3.8, 4) is 5.75 Å². The number of nitrogens with zero attached hydrogens (tertiary/aromatic N) is 1. The van der Waals surface area contributed by atoms with E-state index in [4.69, 9.17) is 9.47 Å². The molecule has 1 aromatic carbocycles. The average molecular weight is 402 g/mol. The number of hydrogen-bond donors (Lipinski definition) is 1. The molecule has 0 radical (unpaired) electrons. The van der Waals surface area contributed by atoms with E-state index < -0.39 is 29.6 Å². The molecule has 0 aromatic heterocycles. The van der Waals surface area contributed by atoms with Crippen LogP contribution in [0.3, 0.4) is 0 Å². The molecule has 2 fully saturated rings. The van der Waals surface area contributed by atoms with Crippen molar-refractivity contribution in [2.45, 2.75) is 46.7 Å². The molecule has 1 saturated carbocycles. The van der Waals surface area contributed by atoms with E-state index in [1.165, 1.54) is 7.11 Å². The van der Waals surface area contributed by atoms with E-state index in [2.05, 4.69) is 19.2 Å². The summed E-state index contributed by atoms with van der Waals surface area (Å²) in [6.07, 6.45) is -0.705. The number of carbonyl (C=O) groups excluding carboxylic acids is 3. The molecule has 7 heteroatoms. The van der Waals surface area contributed by atoms with E-state index in [1.54, 1.807) is 29.2 Å². The molecule has 1 saturated heterocycles. The summed E-state index contributed by atoms with van der Waals surface area (Å²) in [7, 11) is 1.34. The van der Waals surface area contributed by atoms with Gasteiger partial charge in [-0.15, -0.1) is 0 Å². The summed E-state index contributed by atoms with van der Waals surface area (Å²) in [5, 5.41) is 2.71. The lowest BCUT2D eigenvalue weighted by Crippen LogP contribution is -2.58. The van der Waals surface area contributed by atoms with Crippen LogP contribution in [0.15, 0.2) is 30.3 Å². The van der Waals surface area contributed by atoms with Gasteiger partial charge < -0.3 is 19.7 Å². The lowest BCUT2D eigenvalue weighted by atomic mass is 9.85. The summed E-state index contributed by atoms with van der Waals surface area (Å²) in [4.78, 5) is 39.9. The minimum atomic E-state index is -0.841. The Morgan fingerprint density at radius 1 is 1.17 bits per heavy atom. The van der Waals surface area contributed by atoms with Crippen molar-refractivity contribution < 1.29 is 23.9 Å². The first-order valence-corrected chi connectivity index (χ1v) is 9.90. The summed E-state index contributed by atoms with van der Waals surface area (Å²) in [6.45, 7) is 10.3. The standard InChI is InChI=1S/C22H30N2O5/c1-21(2,3)17(23-20(27)29-13-10-8-7-9-11-13)18(25)24-12-14-15(22(14,4)5)16(24)19(26)28-6/h7-11,14-17H,12H2,1-6H3,(H,23,27)/t14-,15-,16-,17+/m0/s1. The number of likely N-dealkylation sites (tertiary alicyclic amines) is 1. The van der Waals surface area contributed by atoms with Gasteiger partial charge >= 0.3 is 12.1 Å². The molecule has 0 spiro atoms. The summed E-state index contributed by atoms with van der Waals surface area (Å²) >= 11 is 0. The zero-order valence-electron chi connectivity index (χ0n) is 17.9. The van der Waals surface area contributed by atoms with Crippen LogP contribution >= 0.6 is 0 Å². The number of esters is 1. The highest BCUT2D eigenvalue weighted by atomic mass is 16.6. The highest BCUT2D eigenvalue weighted by Crippen LogP contribution is 2.65. The molecule has 1 N–H and O–H groups in total. The lowest BCUT2D eigenvalue weighted by molar-refractivity contribution is -0.154. The molecule has 158 valence electrons. The van der Waals surface area contributed by atoms with Crippen molar-refractivity contribution in [2.24, 2.45) is 22.7 Å². The van der Waals surface area contributed by atoms with Gasteiger partial charge in [0.15, 0.2) is 0 Å². The molecule has 0 bridgehead atoms. The zero-order chi connectivity index (χ0) is 21.6. The quantitative estimate of drug-likeness (QED) is 0.783. The van der Waals surface area contributed by atoms with Gasteiger partial charge in [-0.3, -0.25) is 4.79 Å². The summed E-state index contributed by atoms with van der Waals surface area (Å²) < 4.78 is 10.3. The van der Waals surface area contributed by atoms with E-state index in [0.717, 1.165) is 0 Å². The van der Waals surface area contributed by atoms with E-state index in [-0.39, 0.29) is 23.2 Å². The SMILES string of the molecule is COC(=O)[C@@H]1[C@@H]2[C@H](CN1C(=O)[C@@H](NC(=O)Oc1ccccc1)C(C)(C)C)C2(C)C. The predicted molar refractivity (Wildman–Crippen MR) is 107 cm³/mol. The third-order valence-electron chi connectivity index (χ3n) is 6.26. The minimum absolute atomic E-state index is 0.00648. The Morgan fingerprint density at radius 2 is 1.79 bits per heavy atom. The van der Waals surface area contributed by atoms with Gasteiger partial charge in [-0.25, -0.2) is 9.59 Å². The molecule has 1 heterocycles. The molecule has 1 aromatic rings. The number of rotatable bonds is 4. The Balaban J connectivity index is 1.77. The molecular formula is C22H30N2O5. The Hall–Kier alpha value is -2.57. The zero-order valence-corrected chi connectivity index (χ0v) is 17.9. The third kappa shape index (κ3) is 3.95. The second-order valence-corrected chi connectivity index (χ2v) is 9.56. The number of hydrogen-bond acceptors (Lipinski definition) is 5. The highest BCUT2D eigenvalue weighted by molar-refractivity contribution is 5.91. The maximum atomic E-state index is 13.4. The summed E-state index contributed by atoms with van der Waals surface area (Å²) in [5.74, 6) is 0.0294. The average Bonchev–Trinajstić information content (AvgIpc) is 3.00. The maximum Gasteiger partial charge on any atom is 0.413 e. The van der Waals surface area contributed by atoms with Gasteiger partial charge in [0.2, 0.25) is 5.91 Å². The van der Waals surface area contributed by atoms with Gasteiger partial charge in [-0.1, -0.05) is 52.8 Å². The normalized spacial score (nSPS) is 25.6. The van der Waals surface area contributed by atoms with Crippen LogP contribution in [0.25, 0.3) is 0 Å². The minimum Gasteiger partial charge on any atom is -0.467 e. The number of fused-ring (bicyclic) bond motifs is 1. The van der Waals surface area contributed by atoms with Crippen LogP contribution in [0.4, 0.5) is 4.79 Å². The van der Waals surface area contributed by atoms with Gasteiger partial charge in [-0.2, -0.15) is 0 Å². The monoisotopic (exact) mass is 402 g/mol. The van der Waals surface area contributed by atoms with Crippen molar-refractivity contribution in [3.63, 3.8) is 0 Å². The smallest absolute Gasteiger partial charge is 0.413 e. The fourth-order valence-corrected chi connectivity index (χ4v) is 4.46. The molecule has 2 aliphatic rings. The van der Waals surface area contributed by atoms with Crippen LogP contribution in [0.2, 0.25) is 0 Å². The third-order valence-corrected chi connectivity index (χ3v) is 6.26. The summed E-state index contributed by atoms with van der Waals surface area (Å²) in [5.41, 5.74) is -0.567. The largest absolute Gasteiger partial charge is 0.467 e. The molecule has 1 aliphatic heterocycles. The van der Waals surface area contributed by atoms with E-state index in [0.29, 0.717) is 12.3 Å². The number of para-hydroxylation sites is 1. The van der Waals surface area contributed by atoms with Gasteiger partial charge in [0, 0.05) is 12.5 Å². The molecule has 0 unspecified atom stereocenters. The fourth-order valence-electron chi connectivity index (χ4n) is 4.46. The Bertz CT molecular complexity index is 799. The van der Waals surface area contributed by atoms with Crippen LogP contribution in [-0.2, 0) is 14.3 Å². The molecule has 3 rings (SSSR count). The Kier molecular flexibility index (Phi) is 5.36. The van der Waals surface area contributed by atoms with Gasteiger partial charge in [0.25, 0.3) is 0 Å². The number of amides is 2. The molecule has 1 aliphatic carbocycles. The molecule has 4 atom stereocenters. The number of carbonyl (C=O) groups is 3. The first-order valence-electron chi connectivity index (χ1n) is 9.90. The first-order chi connectivity index (χ1) is 13.5. The lowest BCUT2D eigenvalue weighted by Gasteiger charge is -2.36. The van der Waals surface area contributed by atoms with Crippen molar-refractivity contribution in [2.75, 3.05) is 13.7 Å². The number of piperidine rings is 1. The predicted octanol–water partition coefficient (Wildman–Crippen LogP) is 2.85. The number of nitrogens with one attached hydrogen (secondary N) is 1. The van der Waals surface area contributed by atoms with E-state index >= 15 is 0 Å². The van der Waals surface area contributed by atoms with Crippen molar-refractivity contribution in [1.29, 1.82) is 0 Å². The van der Waals surface area contributed by atoms with Gasteiger partial charge in [0.1, 0.15) is 17.8 Å². The molecule has 7 nitrogen and oxygen atoms in total. The van der Waals surface area contributed by atoms with Crippen LogP contribution in [0.1, 0.15) is 34.6 Å². The maximum absolute atomic E-state index is 13.4. The Labute approximate surface area is 171 Å². The second kappa shape index (κ2) is 7.35. The van der Waals surface area contributed by atoms with Crippen molar-refractivity contribution in [3.05, 3.63) is 30.3 Å². The number of benzene rings is 1. The molecule has 2 amide bonds. The second-order valence-electron chi connectivity index (χ2n) is 9.56. The number of ether oxygens (including phenoxy) is 2. The topological polar surface area (TPSA) is 84.9 Å². The van der Waals surface area contributed by atoms with Crippen LogP contribution in [0.5, 0.6) is 5.75 Å². The van der Waals surface area contributed by atoms with Crippen LogP contribution < -0.4 is 10.1 Å². The Morgan fingerprint density at radius 3 is 2.34 bits per heavy atom. The highest BCUT2D eigenvalue weighted by Gasteiger charge is 2.70. The summed E-state index contributed by atoms with van der Waals surface area (Å²) in [6, 6.07) is 7.20. The first kappa shape index (κ1) is 21.1. The van der Waals surface area contributed by atoms with Crippen molar-refractivity contribution >= 4 is 18.0 Å². The fraction of sp³-hybridized carbons (Fsp3) is 0.591. The van der Waals surface area contributed by atoms with E-state index in [1.807, 2.05) is 26.8 Å². The molecule has 29 heavy (non-hydrogen) atoms. The van der Waals surface area contributed by atoms with Gasteiger partial charge in [0.05, 0.1) is 7.11 Å².